The lowest BCUT2D eigenvalue weighted by Crippen LogP contribution is -2.47. The number of aromatic nitrogens is 1. The molecule has 0 bridgehead atoms. The molecule has 134 valence electrons. The van der Waals surface area contributed by atoms with E-state index in [4.69, 9.17) is 0 Å². The number of nitrogens with zero attached hydrogens (tertiary/aromatic N) is 3. The Labute approximate surface area is 150 Å². The van der Waals surface area contributed by atoms with Crippen LogP contribution in [0.5, 0.6) is 0 Å². The first-order valence-corrected chi connectivity index (χ1v) is 9.08. The highest BCUT2D eigenvalue weighted by atomic mass is 16.2. The normalized spacial score (nSPS) is 17.8. The Morgan fingerprint density at radius 1 is 1.28 bits per heavy atom. The van der Waals surface area contributed by atoms with Crippen LogP contribution < -0.4 is 5.32 Å². The van der Waals surface area contributed by atoms with Crippen LogP contribution in [0.3, 0.4) is 0 Å². The lowest BCUT2D eigenvalue weighted by atomic mass is 9.95. The van der Waals surface area contributed by atoms with Crippen LogP contribution in [0.2, 0.25) is 0 Å². The second-order valence-electron chi connectivity index (χ2n) is 7.28. The van der Waals surface area contributed by atoms with E-state index in [1.165, 1.54) is 0 Å². The maximum absolute atomic E-state index is 12.7. The van der Waals surface area contributed by atoms with Crippen molar-refractivity contribution >= 4 is 22.5 Å². The molecule has 1 amide bonds. The van der Waals surface area contributed by atoms with Crippen LogP contribution in [0.4, 0.5) is 5.69 Å². The second-order valence-corrected chi connectivity index (χ2v) is 7.28. The predicted molar refractivity (Wildman–Crippen MR) is 103 cm³/mol. The third-order valence-corrected chi connectivity index (χ3v) is 5.10. The molecule has 0 aliphatic carbocycles. The predicted octanol–water partition coefficient (Wildman–Crippen LogP) is 2.84. The summed E-state index contributed by atoms with van der Waals surface area (Å²) in [4.78, 5) is 21.6. The Morgan fingerprint density at radius 2 is 2.04 bits per heavy atom. The van der Waals surface area contributed by atoms with Crippen molar-refractivity contribution in [2.24, 2.45) is 5.92 Å². The van der Waals surface area contributed by atoms with Gasteiger partial charge in [-0.25, -0.2) is 0 Å². The molecule has 1 aromatic heterocycles. The van der Waals surface area contributed by atoms with Gasteiger partial charge in [0.15, 0.2) is 0 Å². The van der Waals surface area contributed by atoms with Crippen molar-refractivity contribution in [1.29, 1.82) is 0 Å². The van der Waals surface area contributed by atoms with Gasteiger partial charge in [0, 0.05) is 18.1 Å². The first kappa shape index (κ1) is 17.8. The number of carbonyl (C=O) groups excluding carboxylic acids is 1. The van der Waals surface area contributed by atoms with Crippen molar-refractivity contribution in [2.75, 3.05) is 39.0 Å². The summed E-state index contributed by atoms with van der Waals surface area (Å²) in [5, 5.41) is 4.08. The minimum Gasteiger partial charge on any atom is -0.324 e. The molecule has 3 rings (SSSR count). The molecule has 2 heterocycles. The molecular weight excluding hydrogens is 312 g/mol. The van der Waals surface area contributed by atoms with Gasteiger partial charge >= 0.3 is 0 Å². The fourth-order valence-electron chi connectivity index (χ4n) is 3.65. The van der Waals surface area contributed by atoms with E-state index in [1.54, 1.807) is 6.20 Å². The van der Waals surface area contributed by atoms with Crippen LogP contribution in [0.1, 0.15) is 19.8 Å². The van der Waals surface area contributed by atoms with Gasteiger partial charge in [-0.15, -0.1) is 0 Å². The zero-order valence-electron chi connectivity index (χ0n) is 15.4. The average molecular weight is 340 g/mol. The molecule has 5 heteroatoms. The van der Waals surface area contributed by atoms with E-state index in [1.807, 2.05) is 37.3 Å². The first-order valence-electron chi connectivity index (χ1n) is 9.08. The van der Waals surface area contributed by atoms with Crippen LogP contribution in [0.15, 0.2) is 36.5 Å². The van der Waals surface area contributed by atoms with Crippen LogP contribution >= 0.6 is 0 Å². The van der Waals surface area contributed by atoms with Gasteiger partial charge in [-0.3, -0.25) is 14.7 Å². The number of anilines is 1. The third-order valence-electron chi connectivity index (χ3n) is 5.10. The summed E-state index contributed by atoms with van der Waals surface area (Å²) < 4.78 is 0. The summed E-state index contributed by atoms with van der Waals surface area (Å²) >= 11 is 0. The van der Waals surface area contributed by atoms with Gasteiger partial charge < -0.3 is 10.2 Å². The van der Waals surface area contributed by atoms with E-state index >= 15 is 0 Å². The van der Waals surface area contributed by atoms with Crippen LogP contribution in [-0.4, -0.2) is 60.5 Å². The van der Waals surface area contributed by atoms with Crippen molar-refractivity contribution in [3.05, 3.63) is 36.5 Å². The SMILES string of the molecule is C[C@@H](C(=O)Nc1cccc2ncccc12)N1CCC(CN(C)C)CC1. The topological polar surface area (TPSA) is 48.5 Å². The molecule has 0 spiro atoms. The zero-order chi connectivity index (χ0) is 17.8. The summed E-state index contributed by atoms with van der Waals surface area (Å²) in [7, 11) is 4.25. The van der Waals surface area contributed by atoms with Crippen molar-refractivity contribution < 1.29 is 4.79 Å². The van der Waals surface area contributed by atoms with Gasteiger partial charge in [0.2, 0.25) is 5.91 Å². The van der Waals surface area contributed by atoms with Gasteiger partial charge in [-0.2, -0.15) is 0 Å². The maximum atomic E-state index is 12.7. The first-order chi connectivity index (χ1) is 12.0. The average Bonchev–Trinajstić information content (AvgIpc) is 2.61. The Balaban J connectivity index is 1.61. The minimum atomic E-state index is -0.118. The molecule has 0 radical (unpaired) electrons. The Morgan fingerprint density at radius 3 is 2.76 bits per heavy atom. The van der Waals surface area contributed by atoms with E-state index in [9.17, 15) is 4.79 Å². The molecular formula is C20H28N4O. The molecule has 25 heavy (non-hydrogen) atoms. The maximum Gasteiger partial charge on any atom is 0.241 e. The largest absolute Gasteiger partial charge is 0.324 e. The Bertz CT molecular complexity index is 717. The standard InChI is InChI=1S/C20H28N4O/c1-15(24-12-9-16(10-13-24)14-23(2)3)20(25)22-19-8-4-7-18-17(19)6-5-11-21-18/h4-8,11,15-16H,9-10,12-14H2,1-3H3,(H,22,25)/t15-/m0/s1. The molecule has 2 aromatic rings. The quantitative estimate of drug-likeness (QED) is 0.909. The highest BCUT2D eigenvalue weighted by Crippen LogP contribution is 2.23. The number of likely N-dealkylation sites (tertiary alicyclic amines) is 1. The molecule has 1 aliphatic heterocycles. The van der Waals surface area contributed by atoms with Gasteiger partial charge in [0.1, 0.15) is 0 Å². The number of pyridine rings is 1. The van der Waals surface area contributed by atoms with Gasteiger partial charge in [-0.05, 0) is 77.1 Å². The summed E-state index contributed by atoms with van der Waals surface area (Å²) in [5.74, 6) is 0.799. The molecule has 1 fully saturated rings. The zero-order valence-corrected chi connectivity index (χ0v) is 15.4. The monoisotopic (exact) mass is 340 g/mol. The number of benzene rings is 1. The van der Waals surface area contributed by atoms with E-state index in [0.29, 0.717) is 0 Å². The second kappa shape index (κ2) is 7.93. The summed E-state index contributed by atoms with van der Waals surface area (Å²) in [6, 6.07) is 9.61. The lowest BCUT2D eigenvalue weighted by molar-refractivity contribution is -0.121. The molecule has 1 saturated heterocycles. The number of amides is 1. The molecule has 1 atom stereocenters. The highest BCUT2D eigenvalue weighted by molar-refractivity contribution is 6.02. The Hall–Kier alpha value is -1.98. The molecule has 0 saturated carbocycles. The van der Waals surface area contributed by atoms with Crippen LogP contribution in [0.25, 0.3) is 10.9 Å². The van der Waals surface area contributed by atoms with E-state index in [-0.39, 0.29) is 11.9 Å². The fraction of sp³-hybridized carbons (Fsp3) is 0.500. The van der Waals surface area contributed by atoms with Crippen LogP contribution in [-0.2, 0) is 4.79 Å². The number of fused-ring (bicyclic) bond motifs is 1. The highest BCUT2D eigenvalue weighted by Gasteiger charge is 2.27. The van der Waals surface area contributed by atoms with Crippen LogP contribution in [0, 0.1) is 5.92 Å². The van der Waals surface area contributed by atoms with Gasteiger partial charge in [0.25, 0.3) is 0 Å². The molecule has 0 unspecified atom stereocenters. The third kappa shape index (κ3) is 4.35. The van der Waals surface area contributed by atoms with Gasteiger partial charge in [-0.1, -0.05) is 6.07 Å². The van der Waals surface area contributed by atoms with Crippen molar-refractivity contribution in [2.45, 2.75) is 25.8 Å². The lowest BCUT2D eigenvalue weighted by Gasteiger charge is -2.36. The van der Waals surface area contributed by atoms with E-state index in [2.05, 4.69) is 34.2 Å². The summed E-state index contributed by atoms with van der Waals surface area (Å²) in [6.07, 6.45) is 4.09. The van der Waals surface area contributed by atoms with E-state index in [0.717, 1.165) is 55.0 Å². The number of carbonyl (C=O) groups is 1. The van der Waals surface area contributed by atoms with Crippen molar-refractivity contribution in [3.63, 3.8) is 0 Å². The van der Waals surface area contributed by atoms with Crippen molar-refractivity contribution in [3.8, 4) is 0 Å². The Kier molecular flexibility index (Phi) is 5.66. The molecule has 1 aliphatic rings. The fourth-order valence-corrected chi connectivity index (χ4v) is 3.65. The smallest absolute Gasteiger partial charge is 0.241 e. The van der Waals surface area contributed by atoms with E-state index < -0.39 is 0 Å². The number of piperidine rings is 1. The number of hydrogen-bond donors (Lipinski definition) is 1. The van der Waals surface area contributed by atoms with Crippen molar-refractivity contribution in [1.82, 2.24) is 14.8 Å². The molecule has 1 aromatic carbocycles. The number of rotatable bonds is 5. The number of hydrogen-bond acceptors (Lipinski definition) is 4. The molecule has 5 nitrogen and oxygen atoms in total. The van der Waals surface area contributed by atoms with Gasteiger partial charge in [0.05, 0.1) is 17.2 Å². The summed E-state index contributed by atoms with van der Waals surface area (Å²) in [5.41, 5.74) is 1.74. The summed E-state index contributed by atoms with van der Waals surface area (Å²) in [6.45, 7) is 5.12. The minimum absolute atomic E-state index is 0.0578. The molecule has 1 N–H and O–H groups in total. The number of nitrogens with one attached hydrogen (secondary N) is 1.